The van der Waals surface area contributed by atoms with Crippen LogP contribution in [0.2, 0.25) is 0 Å². The van der Waals surface area contributed by atoms with Crippen molar-refractivity contribution >= 4 is 5.91 Å². The second kappa shape index (κ2) is 4.67. The van der Waals surface area contributed by atoms with Gasteiger partial charge in [-0.1, -0.05) is 6.92 Å². The number of amides is 1. The largest absolute Gasteiger partial charge is 0.465 e. The van der Waals surface area contributed by atoms with Crippen molar-refractivity contribution in [1.29, 1.82) is 0 Å². The van der Waals surface area contributed by atoms with Crippen molar-refractivity contribution in [3.05, 3.63) is 23.2 Å². The normalized spacial score (nSPS) is 31.3. The minimum Gasteiger partial charge on any atom is -0.465 e. The van der Waals surface area contributed by atoms with E-state index in [4.69, 9.17) is 4.42 Å². The van der Waals surface area contributed by atoms with E-state index in [0.717, 1.165) is 37.7 Å². The van der Waals surface area contributed by atoms with Crippen molar-refractivity contribution in [3.63, 3.8) is 0 Å². The summed E-state index contributed by atoms with van der Waals surface area (Å²) in [7, 11) is 0. The SMILES string of the molecule is Cc1cc(CN2C[C@@H]3CNC(=O)[C@@H](C)[C@@H]3C2)oc1C. The molecular formula is C15H22N2O2. The van der Waals surface area contributed by atoms with Crippen LogP contribution in [-0.2, 0) is 11.3 Å². The van der Waals surface area contributed by atoms with Crippen LogP contribution in [0.5, 0.6) is 0 Å². The molecule has 1 aromatic heterocycles. The van der Waals surface area contributed by atoms with Gasteiger partial charge in [-0.05, 0) is 37.3 Å². The first-order valence-electron chi connectivity index (χ1n) is 7.10. The average Bonchev–Trinajstić information content (AvgIpc) is 2.89. The van der Waals surface area contributed by atoms with Gasteiger partial charge in [0.2, 0.25) is 5.91 Å². The number of nitrogens with zero attached hydrogens (tertiary/aromatic N) is 1. The molecule has 0 bridgehead atoms. The number of aryl methyl sites for hydroxylation is 2. The van der Waals surface area contributed by atoms with Crippen LogP contribution in [0.4, 0.5) is 0 Å². The minimum absolute atomic E-state index is 0.142. The Bertz CT molecular complexity index is 475. The van der Waals surface area contributed by atoms with E-state index in [0.29, 0.717) is 11.8 Å². The van der Waals surface area contributed by atoms with Crippen LogP contribution >= 0.6 is 0 Å². The summed E-state index contributed by atoms with van der Waals surface area (Å²) in [5.74, 6) is 3.52. The molecule has 1 N–H and O–H groups in total. The lowest BCUT2D eigenvalue weighted by molar-refractivity contribution is -0.128. The molecule has 4 nitrogen and oxygen atoms in total. The second-order valence-corrected chi connectivity index (χ2v) is 6.10. The van der Waals surface area contributed by atoms with Gasteiger partial charge < -0.3 is 9.73 Å². The first kappa shape index (κ1) is 12.7. The Balaban J connectivity index is 1.67. The molecule has 2 saturated heterocycles. The van der Waals surface area contributed by atoms with Crippen molar-refractivity contribution in [2.45, 2.75) is 27.3 Å². The average molecular weight is 262 g/mol. The zero-order valence-corrected chi connectivity index (χ0v) is 11.9. The summed E-state index contributed by atoms with van der Waals surface area (Å²) in [6.45, 7) is 9.91. The number of fused-ring (bicyclic) bond motifs is 1. The number of carbonyl (C=O) groups excluding carboxylic acids is 1. The van der Waals surface area contributed by atoms with Crippen LogP contribution in [-0.4, -0.2) is 30.4 Å². The Hall–Kier alpha value is -1.29. The fraction of sp³-hybridized carbons (Fsp3) is 0.667. The van der Waals surface area contributed by atoms with E-state index in [1.165, 1.54) is 5.56 Å². The van der Waals surface area contributed by atoms with E-state index in [9.17, 15) is 4.79 Å². The van der Waals surface area contributed by atoms with Gasteiger partial charge in [0.15, 0.2) is 0 Å². The monoisotopic (exact) mass is 262 g/mol. The highest BCUT2D eigenvalue weighted by Crippen LogP contribution is 2.33. The van der Waals surface area contributed by atoms with Gasteiger partial charge in [-0.15, -0.1) is 0 Å². The molecule has 4 heteroatoms. The maximum atomic E-state index is 11.7. The highest BCUT2D eigenvalue weighted by Gasteiger charge is 2.41. The third-order valence-corrected chi connectivity index (χ3v) is 4.76. The third-order valence-electron chi connectivity index (χ3n) is 4.76. The molecule has 2 aliphatic rings. The summed E-state index contributed by atoms with van der Waals surface area (Å²) >= 11 is 0. The van der Waals surface area contributed by atoms with Crippen molar-refractivity contribution in [3.8, 4) is 0 Å². The quantitative estimate of drug-likeness (QED) is 0.882. The highest BCUT2D eigenvalue weighted by atomic mass is 16.3. The molecule has 1 amide bonds. The lowest BCUT2D eigenvalue weighted by atomic mass is 9.81. The summed E-state index contributed by atoms with van der Waals surface area (Å²) in [4.78, 5) is 14.1. The van der Waals surface area contributed by atoms with E-state index in [1.807, 2.05) is 6.92 Å². The molecule has 0 aliphatic carbocycles. The van der Waals surface area contributed by atoms with Crippen molar-refractivity contribution in [2.75, 3.05) is 19.6 Å². The number of hydrogen-bond donors (Lipinski definition) is 1. The van der Waals surface area contributed by atoms with E-state index < -0.39 is 0 Å². The molecule has 1 aromatic rings. The van der Waals surface area contributed by atoms with Gasteiger partial charge in [-0.3, -0.25) is 9.69 Å². The molecule has 3 rings (SSSR count). The predicted molar refractivity (Wildman–Crippen MR) is 72.6 cm³/mol. The number of carbonyl (C=O) groups is 1. The van der Waals surface area contributed by atoms with Crippen molar-refractivity contribution < 1.29 is 9.21 Å². The van der Waals surface area contributed by atoms with Gasteiger partial charge in [0, 0.05) is 25.6 Å². The molecule has 3 atom stereocenters. The molecule has 2 fully saturated rings. The molecule has 2 aliphatic heterocycles. The lowest BCUT2D eigenvalue weighted by Gasteiger charge is -2.30. The van der Waals surface area contributed by atoms with Gasteiger partial charge in [-0.2, -0.15) is 0 Å². The van der Waals surface area contributed by atoms with Gasteiger partial charge in [0.1, 0.15) is 11.5 Å². The van der Waals surface area contributed by atoms with Crippen LogP contribution in [0.15, 0.2) is 10.5 Å². The fourth-order valence-corrected chi connectivity index (χ4v) is 3.44. The first-order chi connectivity index (χ1) is 9.04. The van der Waals surface area contributed by atoms with E-state index in [2.05, 4.69) is 30.1 Å². The smallest absolute Gasteiger partial charge is 0.223 e. The molecule has 104 valence electrons. The Morgan fingerprint density at radius 1 is 1.42 bits per heavy atom. The van der Waals surface area contributed by atoms with Crippen LogP contribution in [0.1, 0.15) is 24.0 Å². The number of furan rings is 1. The second-order valence-electron chi connectivity index (χ2n) is 6.10. The lowest BCUT2D eigenvalue weighted by Crippen LogP contribution is -2.46. The zero-order valence-electron chi connectivity index (χ0n) is 11.9. The summed E-state index contributed by atoms with van der Waals surface area (Å²) in [6, 6.07) is 2.13. The maximum Gasteiger partial charge on any atom is 0.223 e. The Labute approximate surface area is 114 Å². The zero-order chi connectivity index (χ0) is 13.6. The Morgan fingerprint density at radius 2 is 2.21 bits per heavy atom. The van der Waals surface area contributed by atoms with Crippen molar-refractivity contribution in [2.24, 2.45) is 17.8 Å². The van der Waals surface area contributed by atoms with Gasteiger partial charge in [0.05, 0.1) is 6.54 Å². The summed E-state index contributed by atoms with van der Waals surface area (Å²) in [5, 5.41) is 3.01. The van der Waals surface area contributed by atoms with E-state index in [1.54, 1.807) is 0 Å². The number of hydrogen-bond acceptors (Lipinski definition) is 3. The molecule has 0 radical (unpaired) electrons. The predicted octanol–water partition coefficient (Wildman–Crippen LogP) is 1.71. The topological polar surface area (TPSA) is 45.5 Å². The standard InChI is InChI=1S/C15H22N2O2/c1-9-4-13(19-11(9)3)7-17-6-12-5-16-15(18)10(2)14(12)8-17/h4,10,12,14H,5-8H2,1-3H3,(H,16,18)/t10-,12-,14-/m0/s1. The summed E-state index contributed by atoms with van der Waals surface area (Å²) in [6.07, 6.45) is 0. The maximum absolute atomic E-state index is 11.7. The fourth-order valence-electron chi connectivity index (χ4n) is 3.44. The number of rotatable bonds is 2. The minimum atomic E-state index is 0.142. The molecule has 19 heavy (non-hydrogen) atoms. The van der Waals surface area contributed by atoms with Gasteiger partial charge in [-0.25, -0.2) is 0 Å². The molecular weight excluding hydrogens is 240 g/mol. The molecule has 0 aromatic carbocycles. The molecule has 0 saturated carbocycles. The van der Waals surface area contributed by atoms with Crippen LogP contribution in [0, 0.1) is 31.6 Å². The number of likely N-dealkylation sites (tertiary alicyclic amines) is 1. The molecule has 0 spiro atoms. The molecule has 3 heterocycles. The summed E-state index contributed by atoms with van der Waals surface area (Å²) < 4.78 is 5.75. The van der Waals surface area contributed by atoms with Crippen LogP contribution in [0.25, 0.3) is 0 Å². The van der Waals surface area contributed by atoms with Crippen LogP contribution in [0.3, 0.4) is 0 Å². The van der Waals surface area contributed by atoms with E-state index >= 15 is 0 Å². The number of nitrogens with one attached hydrogen (secondary N) is 1. The van der Waals surface area contributed by atoms with Crippen LogP contribution < -0.4 is 5.32 Å². The summed E-state index contributed by atoms with van der Waals surface area (Å²) in [5.41, 5.74) is 1.22. The first-order valence-corrected chi connectivity index (χ1v) is 7.10. The molecule has 0 unspecified atom stereocenters. The Kier molecular flexibility index (Phi) is 3.13. The van der Waals surface area contributed by atoms with Crippen molar-refractivity contribution in [1.82, 2.24) is 10.2 Å². The highest BCUT2D eigenvalue weighted by molar-refractivity contribution is 5.79. The Morgan fingerprint density at radius 3 is 2.89 bits per heavy atom. The van der Waals surface area contributed by atoms with Gasteiger partial charge >= 0.3 is 0 Å². The van der Waals surface area contributed by atoms with E-state index in [-0.39, 0.29) is 11.8 Å². The van der Waals surface area contributed by atoms with Gasteiger partial charge in [0.25, 0.3) is 0 Å². The number of piperidine rings is 1. The third kappa shape index (κ3) is 2.29.